The van der Waals surface area contributed by atoms with Gasteiger partial charge in [-0.1, -0.05) is 12.1 Å². The van der Waals surface area contributed by atoms with Crippen molar-refractivity contribution < 1.29 is 18.7 Å². The fraction of sp³-hybridized carbons (Fsp3) is 0.467. The fourth-order valence-electron chi connectivity index (χ4n) is 1.59. The Kier molecular flexibility index (Phi) is 5.69. The molecule has 116 valence electrons. The second-order valence-corrected chi connectivity index (χ2v) is 5.70. The van der Waals surface area contributed by atoms with Gasteiger partial charge in [-0.3, -0.25) is 4.79 Å². The SMILES string of the molecule is C[C@@H](NC(=O)CNC(=O)OC(C)(C)C)c1ccc(F)cc1. The van der Waals surface area contributed by atoms with E-state index in [1.807, 2.05) is 0 Å². The second-order valence-electron chi connectivity index (χ2n) is 5.70. The Hall–Kier alpha value is -2.11. The summed E-state index contributed by atoms with van der Waals surface area (Å²) >= 11 is 0. The molecule has 0 saturated carbocycles. The van der Waals surface area contributed by atoms with Crippen LogP contribution in [-0.4, -0.2) is 24.1 Å². The van der Waals surface area contributed by atoms with Crippen molar-refractivity contribution in [2.45, 2.75) is 39.3 Å². The van der Waals surface area contributed by atoms with Crippen LogP contribution < -0.4 is 10.6 Å². The number of nitrogens with one attached hydrogen (secondary N) is 2. The van der Waals surface area contributed by atoms with Crippen molar-refractivity contribution in [3.8, 4) is 0 Å². The molecule has 1 rings (SSSR count). The lowest BCUT2D eigenvalue weighted by Gasteiger charge is -2.20. The van der Waals surface area contributed by atoms with E-state index in [9.17, 15) is 14.0 Å². The van der Waals surface area contributed by atoms with Crippen LogP contribution in [-0.2, 0) is 9.53 Å². The maximum absolute atomic E-state index is 12.8. The van der Waals surface area contributed by atoms with Crippen molar-refractivity contribution in [2.24, 2.45) is 0 Å². The highest BCUT2D eigenvalue weighted by atomic mass is 19.1. The van der Waals surface area contributed by atoms with Gasteiger partial charge in [0.05, 0.1) is 6.04 Å². The molecule has 2 N–H and O–H groups in total. The molecule has 0 aliphatic carbocycles. The molecule has 0 fully saturated rings. The molecular formula is C15H21FN2O3. The number of amides is 2. The summed E-state index contributed by atoms with van der Waals surface area (Å²) in [7, 11) is 0. The minimum absolute atomic E-state index is 0.180. The van der Waals surface area contributed by atoms with Gasteiger partial charge in [-0.15, -0.1) is 0 Å². The summed E-state index contributed by atoms with van der Waals surface area (Å²) < 4.78 is 17.8. The maximum atomic E-state index is 12.8. The lowest BCUT2D eigenvalue weighted by Crippen LogP contribution is -2.40. The largest absolute Gasteiger partial charge is 0.444 e. The summed E-state index contributed by atoms with van der Waals surface area (Å²) in [5.74, 6) is -0.679. The quantitative estimate of drug-likeness (QED) is 0.897. The number of rotatable bonds is 4. The molecule has 0 aliphatic rings. The van der Waals surface area contributed by atoms with Gasteiger partial charge in [-0.25, -0.2) is 9.18 Å². The standard InChI is InChI=1S/C15H21FN2O3/c1-10(11-5-7-12(16)8-6-11)18-13(19)9-17-14(20)21-15(2,3)4/h5-8,10H,9H2,1-4H3,(H,17,20)(H,18,19)/t10-/m1/s1. The highest BCUT2D eigenvalue weighted by Crippen LogP contribution is 2.12. The summed E-state index contributed by atoms with van der Waals surface area (Å²) in [6.45, 7) is 6.81. The lowest BCUT2D eigenvalue weighted by molar-refractivity contribution is -0.120. The zero-order valence-corrected chi connectivity index (χ0v) is 12.7. The zero-order valence-electron chi connectivity index (χ0n) is 12.7. The number of halogens is 1. The van der Waals surface area contributed by atoms with Gasteiger partial charge >= 0.3 is 6.09 Å². The molecule has 21 heavy (non-hydrogen) atoms. The van der Waals surface area contributed by atoms with Crippen LogP contribution in [0.15, 0.2) is 24.3 Å². The smallest absolute Gasteiger partial charge is 0.408 e. The zero-order chi connectivity index (χ0) is 16.0. The summed E-state index contributed by atoms with van der Waals surface area (Å²) in [6.07, 6.45) is -0.646. The van der Waals surface area contributed by atoms with Gasteiger partial charge in [0.15, 0.2) is 0 Å². The van der Waals surface area contributed by atoms with Crippen LogP contribution in [0.25, 0.3) is 0 Å². The summed E-state index contributed by atoms with van der Waals surface area (Å²) in [5.41, 5.74) is 0.170. The van der Waals surface area contributed by atoms with Crippen LogP contribution in [0.3, 0.4) is 0 Å². The van der Waals surface area contributed by atoms with E-state index in [1.165, 1.54) is 12.1 Å². The Balaban J connectivity index is 2.40. The number of alkyl carbamates (subject to hydrolysis) is 1. The Morgan fingerprint density at radius 3 is 2.33 bits per heavy atom. The minimum atomic E-state index is -0.646. The average Bonchev–Trinajstić information content (AvgIpc) is 2.35. The monoisotopic (exact) mass is 296 g/mol. The first-order valence-electron chi connectivity index (χ1n) is 6.69. The highest BCUT2D eigenvalue weighted by molar-refractivity contribution is 5.82. The van der Waals surface area contributed by atoms with Crippen molar-refractivity contribution in [1.82, 2.24) is 10.6 Å². The molecular weight excluding hydrogens is 275 g/mol. The van der Waals surface area contributed by atoms with E-state index in [0.717, 1.165) is 5.56 Å². The molecule has 1 aromatic rings. The van der Waals surface area contributed by atoms with E-state index in [-0.39, 0.29) is 24.3 Å². The molecule has 0 aromatic heterocycles. The van der Waals surface area contributed by atoms with E-state index in [2.05, 4.69) is 10.6 Å². The van der Waals surface area contributed by atoms with Crippen LogP contribution >= 0.6 is 0 Å². The predicted octanol–water partition coefficient (Wildman–Crippen LogP) is 2.53. The van der Waals surface area contributed by atoms with Crippen molar-refractivity contribution in [1.29, 1.82) is 0 Å². The first-order valence-corrected chi connectivity index (χ1v) is 6.69. The number of carbonyl (C=O) groups is 2. The number of ether oxygens (including phenoxy) is 1. The molecule has 0 bridgehead atoms. The molecule has 0 aliphatic heterocycles. The van der Waals surface area contributed by atoms with Gasteiger partial charge < -0.3 is 15.4 Å². The van der Waals surface area contributed by atoms with Crippen LogP contribution in [0.4, 0.5) is 9.18 Å². The Morgan fingerprint density at radius 2 is 1.81 bits per heavy atom. The van der Waals surface area contributed by atoms with Crippen LogP contribution in [0, 0.1) is 5.82 Å². The first kappa shape index (κ1) is 16.9. The average molecular weight is 296 g/mol. The molecule has 6 heteroatoms. The summed E-state index contributed by atoms with van der Waals surface area (Å²) in [6, 6.07) is 5.58. The van der Waals surface area contributed by atoms with E-state index >= 15 is 0 Å². The second kappa shape index (κ2) is 7.06. The van der Waals surface area contributed by atoms with Crippen molar-refractivity contribution in [3.05, 3.63) is 35.6 Å². The van der Waals surface area contributed by atoms with Crippen LogP contribution in [0.5, 0.6) is 0 Å². The van der Waals surface area contributed by atoms with Crippen LogP contribution in [0.2, 0.25) is 0 Å². The van der Waals surface area contributed by atoms with E-state index < -0.39 is 11.7 Å². The lowest BCUT2D eigenvalue weighted by atomic mass is 10.1. The van der Waals surface area contributed by atoms with Gasteiger partial charge in [0.1, 0.15) is 18.0 Å². The van der Waals surface area contributed by atoms with Crippen molar-refractivity contribution >= 4 is 12.0 Å². The Morgan fingerprint density at radius 1 is 1.24 bits per heavy atom. The molecule has 2 amide bonds. The van der Waals surface area contributed by atoms with Crippen molar-refractivity contribution in [2.75, 3.05) is 6.54 Å². The summed E-state index contributed by atoms with van der Waals surface area (Å²) in [4.78, 5) is 23.1. The molecule has 0 heterocycles. The van der Waals surface area contributed by atoms with Crippen molar-refractivity contribution in [3.63, 3.8) is 0 Å². The van der Waals surface area contributed by atoms with Gasteiger partial charge in [0, 0.05) is 0 Å². The fourth-order valence-corrected chi connectivity index (χ4v) is 1.59. The molecule has 0 unspecified atom stereocenters. The molecule has 0 saturated heterocycles. The molecule has 1 aromatic carbocycles. The van der Waals surface area contributed by atoms with Gasteiger partial charge in [-0.2, -0.15) is 0 Å². The third-order valence-corrected chi connectivity index (χ3v) is 2.54. The van der Waals surface area contributed by atoms with Gasteiger partial charge in [0.25, 0.3) is 0 Å². The minimum Gasteiger partial charge on any atom is -0.444 e. The number of hydrogen-bond donors (Lipinski definition) is 2. The third kappa shape index (κ3) is 6.74. The van der Waals surface area contributed by atoms with E-state index in [1.54, 1.807) is 39.8 Å². The number of benzene rings is 1. The van der Waals surface area contributed by atoms with Crippen LogP contribution in [0.1, 0.15) is 39.3 Å². The summed E-state index contributed by atoms with van der Waals surface area (Å²) in [5, 5.41) is 5.07. The number of hydrogen-bond acceptors (Lipinski definition) is 3. The molecule has 5 nitrogen and oxygen atoms in total. The van der Waals surface area contributed by atoms with E-state index in [4.69, 9.17) is 4.74 Å². The van der Waals surface area contributed by atoms with Gasteiger partial charge in [-0.05, 0) is 45.4 Å². The maximum Gasteiger partial charge on any atom is 0.408 e. The normalized spacial score (nSPS) is 12.4. The number of carbonyl (C=O) groups excluding carboxylic acids is 2. The Labute approximate surface area is 123 Å². The predicted molar refractivity (Wildman–Crippen MR) is 77.2 cm³/mol. The topological polar surface area (TPSA) is 67.4 Å². The highest BCUT2D eigenvalue weighted by Gasteiger charge is 2.17. The van der Waals surface area contributed by atoms with Gasteiger partial charge in [0.2, 0.25) is 5.91 Å². The van der Waals surface area contributed by atoms with E-state index in [0.29, 0.717) is 0 Å². The Bertz CT molecular complexity index is 495. The first-order chi connectivity index (χ1) is 9.67. The molecule has 1 atom stereocenters. The third-order valence-electron chi connectivity index (χ3n) is 2.54. The molecule has 0 spiro atoms. The molecule has 0 radical (unpaired) electrons.